The number of rotatable bonds is 2. The maximum absolute atomic E-state index is 12.6. The second-order valence-corrected chi connectivity index (χ2v) is 5.68. The molecule has 20 heavy (non-hydrogen) atoms. The largest absolute Gasteiger partial charge is 0.338 e. The van der Waals surface area contributed by atoms with E-state index in [1.54, 1.807) is 6.20 Å². The van der Waals surface area contributed by atoms with E-state index in [1.165, 1.54) is 0 Å². The van der Waals surface area contributed by atoms with Gasteiger partial charge in [-0.05, 0) is 43.9 Å². The molecule has 0 saturated carbocycles. The molecule has 0 radical (unpaired) electrons. The topological polar surface area (TPSA) is 75.0 Å². The molecule has 0 bridgehead atoms. The van der Waals surface area contributed by atoms with Crippen molar-refractivity contribution in [2.24, 2.45) is 11.7 Å². The number of hydrogen-bond acceptors (Lipinski definition) is 3. The number of aromatic nitrogens is 2. The molecule has 1 aromatic carbocycles. The second kappa shape index (κ2) is 5.25. The third-order valence-corrected chi connectivity index (χ3v) is 4.18. The van der Waals surface area contributed by atoms with Gasteiger partial charge < -0.3 is 10.6 Å². The number of carbonyl (C=O) groups excluding carboxylic acids is 1. The zero-order valence-corrected chi connectivity index (χ0v) is 11.7. The van der Waals surface area contributed by atoms with Gasteiger partial charge in [-0.1, -0.05) is 0 Å². The summed E-state index contributed by atoms with van der Waals surface area (Å²) >= 11 is 0. The van der Waals surface area contributed by atoms with E-state index in [2.05, 4.69) is 10.2 Å². The maximum Gasteiger partial charge on any atom is 0.253 e. The Kier molecular flexibility index (Phi) is 3.44. The van der Waals surface area contributed by atoms with E-state index < -0.39 is 0 Å². The van der Waals surface area contributed by atoms with Crippen molar-refractivity contribution >= 4 is 16.8 Å². The number of aromatic amines is 1. The Balaban J connectivity index is 1.80. The van der Waals surface area contributed by atoms with E-state index in [0.29, 0.717) is 5.92 Å². The van der Waals surface area contributed by atoms with Crippen molar-refractivity contribution in [3.8, 4) is 0 Å². The fourth-order valence-electron chi connectivity index (χ4n) is 2.88. The maximum atomic E-state index is 12.6. The van der Waals surface area contributed by atoms with Gasteiger partial charge in [0.2, 0.25) is 0 Å². The van der Waals surface area contributed by atoms with Crippen LogP contribution in [0.3, 0.4) is 0 Å². The molecule has 3 N–H and O–H groups in total. The molecule has 5 heteroatoms. The number of H-pyrrole nitrogens is 1. The molecule has 1 aromatic heterocycles. The van der Waals surface area contributed by atoms with E-state index in [-0.39, 0.29) is 11.9 Å². The molecule has 5 nitrogen and oxygen atoms in total. The molecule has 3 rings (SSSR count). The molecule has 1 aliphatic heterocycles. The number of nitrogens with zero attached hydrogens (tertiary/aromatic N) is 2. The zero-order valence-electron chi connectivity index (χ0n) is 11.7. The van der Waals surface area contributed by atoms with E-state index in [0.717, 1.165) is 42.4 Å². The van der Waals surface area contributed by atoms with Crippen LogP contribution in [0.2, 0.25) is 0 Å². The van der Waals surface area contributed by atoms with Crippen LogP contribution in [0.15, 0.2) is 24.4 Å². The lowest BCUT2D eigenvalue weighted by Gasteiger charge is -2.34. The van der Waals surface area contributed by atoms with Crippen molar-refractivity contribution in [3.63, 3.8) is 0 Å². The van der Waals surface area contributed by atoms with E-state index in [9.17, 15) is 4.79 Å². The number of amides is 1. The molecule has 106 valence electrons. The minimum absolute atomic E-state index is 0.0958. The van der Waals surface area contributed by atoms with Gasteiger partial charge >= 0.3 is 0 Å². The van der Waals surface area contributed by atoms with Gasteiger partial charge in [-0.3, -0.25) is 9.89 Å². The Morgan fingerprint density at radius 1 is 1.55 bits per heavy atom. The standard InChI is InChI=1S/C15H20N4O/c1-10(16)12-3-2-6-19(9-12)15(20)11-4-5-14-13(7-11)8-17-18-14/h4-5,7-8,10,12H,2-3,6,9,16H2,1H3,(H,17,18)/t10-,12+/m1/s1. The van der Waals surface area contributed by atoms with Gasteiger partial charge in [-0.25, -0.2) is 0 Å². The highest BCUT2D eigenvalue weighted by Gasteiger charge is 2.26. The van der Waals surface area contributed by atoms with Crippen molar-refractivity contribution in [2.45, 2.75) is 25.8 Å². The Bertz CT molecular complexity index is 619. The summed E-state index contributed by atoms with van der Waals surface area (Å²) in [6.07, 6.45) is 3.89. The predicted molar refractivity (Wildman–Crippen MR) is 78.4 cm³/mol. The first-order valence-corrected chi connectivity index (χ1v) is 7.13. The summed E-state index contributed by atoms with van der Waals surface area (Å²) in [4.78, 5) is 14.5. The number of likely N-dealkylation sites (tertiary alicyclic amines) is 1. The monoisotopic (exact) mass is 272 g/mol. The van der Waals surface area contributed by atoms with Crippen LogP contribution in [-0.4, -0.2) is 40.1 Å². The smallest absolute Gasteiger partial charge is 0.253 e. The highest BCUT2D eigenvalue weighted by atomic mass is 16.2. The molecule has 2 heterocycles. The summed E-state index contributed by atoms with van der Waals surface area (Å²) in [6, 6.07) is 5.80. The molecule has 0 spiro atoms. The van der Waals surface area contributed by atoms with Crippen LogP contribution in [0.25, 0.3) is 10.9 Å². The number of nitrogens with one attached hydrogen (secondary N) is 1. The first kappa shape index (κ1) is 13.1. The summed E-state index contributed by atoms with van der Waals surface area (Å²) in [5.74, 6) is 0.504. The Hall–Kier alpha value is -1.88. The molecule has 0 unspecified atom stereocenters. The average molecular weight is 272 g/mol. The lowest BCUT2D eigenvalue weighted by molar-refractivity contribution is 0.0661. The highest BCUT2D eigenvalue weighted by molar-refractivity contribution is 5.97. The van der Waals surface area contributed by atoms with Gasteiger partial charge in [0.25, 0.3) is 5.91 Å². The van der Waals surface area contributed by atoms with Crippen molar-refractivity contribution < 1.29 is 4.79 Å². The summed E-state index contributed by atoms with van der Waals surface area (Å²) in [5, 5.41) is 7.85. The molecule has 0 aliphatic carbocycles. The first-order chi connectivity index (χ1) is 9.65. The van der Waals surface area contributed by atoms with Crippen LogP contribution in [0.1, 0.15) is 30.1 Å². The lowest BCUT2D eigenvalue weighted by atomic mass is 9.92. The van der Waals surface area contributed by atoms with Crippen LogP contribution >= 0.6 is 0 Å². The Labute approximate surface area is 118 Å². The van der Waals surface area contributed by atoms with Crippen molar-refractivity contribution in [1.82, 2.24) is 15.1 Å². The third-order valence-electron chi connectivity index (χ3n) is 4.18. The number of nitrogens with two attached hydrogens (primary N) is 1. The third kappa shape index (κ3) is 2.41. The van der Waals surface area contributed by atoms with E-state index in [4.69, 9.17) is 5.73 Å². The SMILES string of the molecule is C[C@@H](N)[C@H]1CCCN(C(=O)c2ccc3[nH]ncc3c2)C1. The lowest BCUT2D eigenvalue weighted by Crippen LogP contribution is -2.45. The molecule has 1 amide bonds. The Morgan fingerprint density at radius 3 is 3.20 bits per heavy atom. The molecule has 1 aliphatic rings. The molecule has 1 fully saturated rings. The van der Waals surface area contributed by atoms with Crippen molar-refractivity contribution in [1.29, 1.82) is 0 Å². The summed E-state index contributed by atoms with van der Waals surface area (Å²) in [7, 11) is 0. The van der Waals surface area contributed by atoms with Crippen LogP contribution in [0.5, 0.6) is 0 Å². The molecular weight excluding hydrogens is 252 g/mol. The fourth-order valence-corrected chi connectivity index (χ4v) is 2.88. The first-order valence-electron chi connectivity index (χ1n) is 7.13. The number of carbonyl (C=O) groups is 1. The normalized spacial score (nSPS) is 21.1. The Morgan fingerprint density at radius 2 is 2.40 bits per heavy atom. The summed E-state index contributed by atoms with van der Waals surface area (Å²) in [5.41, 5.74) is 7.66. The minimum Gasteiger partial charge on any atom is -0.338 e. The molecular formula is C15H20N4O. The fraction of sp³-hybridized carbons (Fsp3) is 0.467. The second-order valence-electron chi connectivity index (χ2n) is 5.68. The van der Waals surface area contributed by atoms with Gasteiger partial charge in [-0.2, -0.15) is 5.10 Å². The van der Waals surface area contributed by atoms with Crippen molar-refractivity contribution in [3.05, 3.63) is 30.0 Å². The molecule has 2 aromatic rings. The predicted octanol–water partition coefficient (Wildman–Crippen LogP) is 1.76. The molecule has 2 atom stereocenters. The molecule has 1 saturated heterocycles. The van der Waals surface area contributed by atoms with Gasteiger partial charge in [0.05, 0.1) is 11.7 Å². The number of fused-ring (bicyclic) bond motifs is 1. The van der Waals surface area contributed by atoms with E-state index >= 15 is 0 Å². The van der Waals surface area contributed by atoms with Gasteiger partial charge in [-0.15, -0.1) is 0 Å². The zero-order chi connectivity index (χ0) is 14.1. The summed E-state index contributed by atoms with van der Waals surface area (Å²) < 4.78 is 0. The van der Waals surface area contributed by atoms with E-state index in [1.807, 2.05) is 30.0 Å². The van der Waals surface area contributed by atoms with Crippen LogP contribution in [-0.2, 0) is 0 Å². The quantitative estimate of drug-likeness (QED) is 0.874. The van der Waals surface area contributed by atoms with Crippen LogP contribution < -0.4 is 5.73 Å². The van der Waals surface area contributed by atoms with Crippen LogP contribution in [0.4, 0.5) is 0 Å². The van der Waals surface area contributed by atoms with Crippen LogP contribution in [0, 0.1) is 5.92 Å². The summed E-state index contributed by atoms with van der Waals surface area (Å²) in [6.45, 7) is 3.61. The minimum atomic E-state index is 0.0958. The number of hydrogen-bond donors (Lipinski definition) is 2. The number of piperidine rings is 1. The van der Waals surface area contributed by atoms with Crippen molar-refractivity contribution in [2.75, 3.05) is 13.1 Å². The average Bonchev–Trinajstić information content (AvgIpc) is 2.94. The van der Waals surface area contributed by atoms with Gasteiger partial charge in [0.15, 0.2) is 0 Å². The highest BCUT2D eigenvalue weighted by Crippen LogP contribution is 2.21. The van der Waals surface area contributed by atoms with Gasteiger partial charge in [0.1, 0.15) is 0 Å². The van der Waals surface area contributed by atoms with Gasteiger partial charge in [0, 0.05) is 30.1 Å². The number of benzene rings is 1.